The van der Waals surface area contributed by atoms with Crippen molar-refractivity contribution in [2.75, 3.05) is 48.4 Å². The van der Waals surface area contributed by atoms with Crippen molar-refractivity contribution >= 4 is 34.6 Å². The Balaban J connectivity index is 1.37. The highest BCUT2D eigenvalue weighted by Crippen LogP contribution is 2.31. The first kappa shape index (κ1) is 29.0. The van der Waals surface area contributed by atoms with Crippen LogP contribution in [-0.4, -0.2) is 72.5 Å². The number of nitrogens with one attached hydrogen (secondary N) is 2. The third kappa shape index (κ3) is 5.76. The van der Waals surface area contributed by atoms with Crippen LogP contribution in [0.1, 0.15) is 31.5 Å². The van der Waals surface area contributed by atoms with Crippen LogP contribution in [0.2, 0.25) is 0 Å². The third-order valence-corrected chi connectivity index (χ3v) is 7.27. The maximum Gasteiger partial charge on any atom is 0.276 e. The van der Waals surface area contributed by atoms with Crippen LogP contribution >= 0.6 is 0 Å². The lowest BCUT2D eigenvalue weighted by atomic mass is 10.1. The zero-order valence-electron chi connectivity index (χ0n) is 24.6. The first-order valence-electron chi connectivity index (χ1n) is 14.4. The van der Waals surface area contributed by atoms with E-state index in [4.69, 9.17) is 19.2 Å². The fourth-order valence-electron chi connectivity index (χ4n) is 5.15. The molecule has 14 heteroatoms. The van der Waals surface area contributed by atoms with E-state index in [0.717, 1.165) is 5.56 Å². The summed E-state index contributed by atoms with van der Waals surface area (Å²) in [5, 5.41) is 21.4. The molecule has 1 atom stereocenters. The molecule has 1 aliphatic heterocycles. The van der Waals surface area contributed by atoms with E-state index in [1.54, 1.807) is 29.1 Å². The smallest absolute Gasteiger partial charge is 0.276 e. The van der Waals surface area contributed by atoms with E-state index in [1.807, 2.05) is 53.8 Å². The number of aromatic nitrogens is 7. The zero-order valence-corrected chi connectivity index (χ0v) is 24.6. The fourth-order valence-corrected chi connectivity index (χ4v) is 5.15. The van der Waals surface area contributed by atoms with Gasteiger partial charge in [0.15, 0.2) is 5.65 Å². The highest BCUT2D eigenvalue weighted by Gasteiger charge is 2.23. The largest absolute Gasteiger partial charge is 0.394 e. The highest BCUT2D eigenvalue weighted by atomic mass is 16.5. The minimum atomic E-state index is -0.473. The van der Waals surface area contributed by atoms with E-state index in [2.05, 4.69) is 32.3 Å². The monoisotopic (exact) mass is 598 g/mol. The van der Waals surface area contributed by atoms with Gasteiger partial charge in [-0.1, -0.05) is 36.4 Å². The Morgan fingerprint density at radius 3 is 2.61 bits per heavy atom. The van der Waals surface area contributed by atoms with Gasteiger partial charge in [-0.05, 0) is 36.7 Å². The molecule has 228 valence electrons. The third-order valence-electron chi connectivity index (χ3n) is 7.27. The Bertz CT molecular complexity index is 1810. The Morgan fingerprint density at radius 1 is 1.09 bits per heavy atom. The van der Waals surface area contributed by atoms with Crippen LogP contribution in [0.3, 0.4) is 0 Å². The lowest BCUT2D eigenvalue weighted by molar-refractivity contribution is 0.121. The average molecular weight is 599 g/mol. The molecule has 1 aromatic carbocycles. The van der Waals surface area contributed by atoms with Gasteiger partial charge in [0.25, 0.3) is 17.4 Å². The predicted molar refractivity (Wildman–Crippen MR) is 166 cm³/mol. The molecule has 0 bridgehead atoms. The van der Waals surface area contributed by atoms with Crippen LogP contribution in [0.15, 0.2) is 70.6 Å². The van der Waals surface area contributed by atoms with Crippen molar-refractivity contribution in [1.29, 1.82) is 0 Å². The highest BCUT2D eigenvalue weighted by molar-refractivity contribution is 5.78. The molecule has 6 rings (SSSR count). The molecule has 0 aliphatic carbocycles. The molecule has 0 spiro atoms. The van der Waals surface area contributed by atoms with Gasteiger partial charge in [0.2, 0.25) is 5.95 Å². The second-order valence-electron chi connectivity index (χ2n) is 10.6. The van der Waals surface area contributed by atoms with E-state index >= 15 is 0 Å². The number of rotatable bonds is 11. The number of morpholine rings is 1. The summed E-state index contributed by atoms with van der Waals surface area (Å²) in [4.78, 5) is 33.6. The Morgan fingerprint density at radius 2 is 1.89 bits per heavy atom. The maximum atomic E-state index is 13.0. The molecule has 1 fully saturated rings. The molecule has 14 nitrogen and oxygen atoms in total. The van der Waals surface area contributed by atoms with E-state index in [0.29, 0.717) is 67.0 Å². The summed E-state index contributed by atoms with van der Waals surface area (Å²) in [6, 6.07) is 12.5. The minimum Gasteiger partial charge on any atom is -0.394 e. The van der Waals surface area contributed by atoms with Crippen LogP contribution in [0.4, 0.5) is 23.5 Å². The van der Waals surface area contributed by atoms with Crippen LogP contribution in [0, 0.1) is 0 Å². The molecular formula is C30H34N10O4. The van der Waals surface area contributed by atoms with E-state index in [9.17, 15) is 9.90 Å². The molecule has 44 heavy (non-hydrogen) atoms. The Hall–Kier alpha value is -5.08. The number of fused-ring (bicyclic) bond motifs is 1. The lowest BCUT2D eigenvalue weighted by Gasteiger charge is -2.24. The number of benzene rings is 1. The maximum absolute atomic E-state index is 13.0. The van der Waals surface area contributed by atoms with Crippen LogP contribution < -0.4 is 21.1 Å². The Kier molecular flexibility index (Phi) is 8.34. The van der Waals surface area contributed by atoms with Crippen molar-refractivity contribution in [2.24, 2.45) is 0 Å². The molecule has 3 N–H and O–H groups in total. The summed E-state index contributed by atoms with van der Waals surface area (Å²) in [5.41, 5.74) is 1.75. The van der Waals surface area contributed by atoms with E-state index in [1.165, 1.54) is 0 Å². The summed E-state index contributed by atoms with van der Waals surface area (Å²) in [5.74, 6) is 1.75. The van der Waals surface area contributed by atoms with Crippen LogP contribution in [-0.2, 0) is 11.3 Å². The molecule has 1 aliphatic rings. The molecule has 5 heterocycles. The van der Waals surface area contributed by atoms with Gasteiger partial charge in [-0.15, -0.1) is 6.58 Å². The van der Waals surface area contributed by atoms with Crippen molar-refractivity contribution < 1.29 is 14.4 Å². The van der Waals surface area contributed by atoms with Gasteiger partial charge in [0, 0.05) is 25.3 Å². The van der Waals surface area contributed by atoms with E-state index in [-0.39, 0.29) is 30.0 Å². The summed E-state index contributed by atoms with van der Waals surface area (Å²) in [6.45, 7) is 10.4. The minimum absolute atomic E-state index is 0.0144. The number of hydrogen-bond acceptors (Lipinski definition) is 12. The standard InChI is InChI=1S/C30H34N10O4/c1-4-12-39-28(42)21-10-11-24(33-26(21)40(39)19(2)3)34-29-31-17-22(27-36-30(37-44-27)38-13-15-43-16-14-38)25(35-29)32-23(18-41)20-8-6-5-7-9-20/h4-11,17,19,23,41H,1,12-16,18H2,2-3H3,(H2,31,32,33,34,35)/t23-/m1/s1. The van der Waals surface area contributed by atoms with Crippen molar-refractivity contribution in [1.82, 2.24) is 34.5 Å². The van der Waals surface area contributed by atoms with Gasteiger partial charge in [-0.2, -0.15) is 9.97 Å². The van der Waals surface area contributed by atoms with Crippen molar-refractivity contribution in [3.8, 4) is 11.5 Å². The number of pyridine rings is 1. The van der Waals surface area contributed by atoms with Crippen molar-refractivity contribution in [3.63, 3.8) is 0 Å². The first-order chi connectivity index (χ1) is 21.5. The van der Waals surface area contributed by atoms with Gasteiger partial charge in [-0.3, -0.25) is 9.48 Å². The number of allylic oxidation sites excluding steroid dienone is 1. The summed E-state index contributed by atoms with van der Waals surface area (Å²) in [7, 11) is 0. The number of ether oxygens (including phenoxy) is 1. The summed E-state index contributed by atoms with van der Waals surface area (Å²) >= 11 is 0. The SMILES string of the molecule is C=CCn1c(=O)c2ccc(Nc3ncc(-c4nc(N5CCOCC5)no4)c(N[C@H](CO)c4ccccc4)n3)nc2n1C(C)C. The molecule has 0 amide bonds. The van der Waals surface area contributed by atoms with Crippen molar-refractivity contribution in [2.45, 2.75) is 32.5 Å². The van der Waals surface area contributed by atoms with E-state index < -0.39 is 6.04 Å². The van der Waals surface area contributed by atoms with Gasteiger partial charge in [-0.25, -0.2) is 14.6 Å². The van der Waals surface area contributed by atoms with Crippen LogP contribution in [0.25, 0.3) is 22.5 Å². The lowest BCUT2D eigenvalue weighted by Crippen LogP contribution is -2.36. The number of aliphatic hydroxyl groups excluding tert-OH is 1. The van der Waals surface area contributed by atoms with Crippen molar-refractivity contribution in [3.05, 3.63) is 77.2 Å². The summed E-state index contributed by atoms with van der Waals surface area (Å²) < 4.78 is 14.6. The Labute approximate surface area is 253 Å². The fraction of sp³-hybridized carbons (Fsp3) is 0.333. The molecule has 1 saturated heterocycles. The average Bonchev–Trinajstić information content (AvgIpc) is 3.64. The predicted octanol–water partition coefficient (Wildman–Crippen LogP) is 3.53. The molecule has 0 radical (unpaired) electrons. The zero-order chi connectivity index (χ0) is 30.6. The number of aliphatic hydroxyl groups is 1. The molecule has 0 saturated carbocycles. The molecular weight excluding hydrogens is 564 g/mol. The summed E-state index contributed by atoms with van der Waals surface area (Å²) in [6.07, 6.45) is 3.27. The number of hydrogen-bond donors (Lipinski definition) is 3. The normalized spacial score (nSPS) is 14.2. The first-order valence-corrected chi connectivity index (χ1v) is 14.4. The topological polar surface area (TPSA) is 161 Å². The molecule has 4 aromatic heterocycles. The van der Waals surface area contributed by atoms with Gasteiger partial charge >= 0.3 is 0 Å². The van der Waals surface area contributed by atoms with Gasteiger partial charge < -0.3 is 29.9 Å². The van der Waals surface area contributed by atoms with Gasteiger partial charge in [0.1, 0.15) is 17.2 Å². The number of nitrogens with zero attached hydrogens (tertiary/aromatic N) is 8. The molecule has 0 unspecified atom stereocenters. The quantitative estimate of drug-likeness (QED) is 0.190. The van der Waals surface area contributed by atoms with Gasteiger partial charge in [0.05, 0.1) is 37.8 Å². The second kappa shape index (κ2) is 12.7. The molecule has 5 aromatic rings. The number of anilines is 4. The van der Waals surface area contributed by atoms with Crippen LogP contribution in [0.5, 0.6) is 0 Å². The second-order valence-corrected chi connectivity index (χ2v) is 10.6.